The number of hydrogen-bond acceptors (Lipinski definition) is 3. The van der Waals surface area contributed by atoms with Crippen molar-refractivity contribution >= 4 is 0 Å². The monoisotopic (exact) mass is 245 g/mol. The zero-order chi connectivity index (χ0) is 13.2. The van der Waals surface area contributed by atoms with Crippen molar-refractivity contribution in [2.24, 2.45) is 5.73 Å². The van der Waals surface area contributed by atoms with Crippen molar-refractivity contribution in [3.05, 3.63) is 48.3 Å². The van der Waals surface area contributed by atoms with Gasteiger partial charge in [-0.25, -0.2) is 14.4 Å². The summed E-state index contributed by atoms with van der Waals surface area (Å²) in [6.45, 7) is 3.86. The molecular weight excluding hydrogens is 229 g/mol. The van der Waals surface area contributed by atoms with Crippen LogP contribution in [0, 0.1) is 5.82 Å². The van der Waals surface area contributed by atoms with E-state index in [4.69, 9.17) is 5.73 Å². The first-order valence-electron chi connectivity index (χ1n) is 5.91. The number of halogens is 1. The predicted molar refractivity (Wildman–Crippen MR) is 69.3 cm³/mol. The molecule has 0 bridgehead atoms. The molecule has 1 unspecified atom stereocenters. The van der Waals surface area contributed by atoms with E-state index in [0.717, 1.165) is 6.42 Å². The molecule has 0 saturated carbocycles. The first-order valence-corrected chi connectivity index (χ1v) is 5.91. The standard InChI is InChI=1S/C14H16FN3/c1-3-14(2,16)13-17-8-10(9-18-13)11-6-4-5-7-12(11)15/h4-9H,3,16H2,1-2H3. The van der Waals surface area contributed by atoms with Crippen molar-refractivity contribution in [3.8, 4) is 11.1 Å². The molecule has 1 heterocycles. The van der Waals surface area contributed by atoms with Crippen LogP contribution in [0.4, 0.5) is 4.39 Å². The molecule has 3 nitrogen and oxygen atoms in total. The number of aromatic nitrogens is 2. The summed E-state index contributed by atoms with van der Waals surface area (Å²) in [6.07, 6.45) is 3.97. The number of nitrogens with zero attached hydrogens (tertiary/aromatic N) is 2. The van der Waals surface area contributed by atoms with Gasteiger partial charge in [0.25, 0.3) is 0 Å². The van der Waals surface area contributed by atoms with Crippen LogP contribution in [0.2, 0.25) is 0 Å². The van der Waals surface area contributed by atoms with Crippen LogP contribution in [-0.4, -0.2) is 9.97 Å². The maximum absolute atomic E-state index is 13.6. The van der Waals surface area contributed by atoms with Crippen LogP contribution < -0.4 is 5.73 Å². The third-order valence-corrected chi connectivity index (χ3v) is 3.08. The van der Waals surface area contributed by atoms with E-state index < -0.39 is 5.54 Å². The Morgan fingerprint density at radius 1 is 1.22 bits per heavy atom. The third kappa shape index (κ3) is 2.38. The lowest BCUT2D eigenvalue weighted by atomic mass is 9.99. The molecule has 0 spiro atoms. The van der Waals surface area contributed by atoms with Crippen LogP contribution in [-0.2, 0) is 5.54 Å². The highest BCUT2D eigenvalue weighted by molar-refractivity contribution is 5.61. The summed E-state index contributed by atoms with van der Waals surface area (Å²) in [5.41, 5.74) is 6.66. The number of hydrogen-bond donors (Lipinski definition) is 1. The second-order valence-electron chi connectivity index (χ2n) is 4.55. The Morgan fingerprint density at radius 3 is 2.39 bits per heavy atom. The Morgan fingerprint density at radius 2 is 1.83 bits per heavy atom. The number of nitrogens with two attached hydrogens (primary N) is 1. The largest absolute Gasteiger partial charge is 0.319 e. The number of benzene rings is 1. The molecule has 1 aromatic carbocycles. The molecule has 4 heteroatoms. The van der Waals surface area contributed by atoms with Gasteiger partial charge in [0.05, 0.1) is 5.54 Å². The summed E-state index contributed by atoms with van der Waals surface area (Å²) in [6, 6.07) is 6.56. The molecule has 0 radical (unpaired) electrons. The lowest BCUT2D eigenvalue weighted by Gasteiger charge is -2.20. The SMILES string of the molecule is CCC(C)(N)c1ncc(-c2ccccc2F)cn1. The Bertz CT molecular complexity index is 535. The van der Waals surface area contributed by atoms with E-state index in [1.54, 1.807) is 30.6 Å². The average molecular weight is 245 g/mol. The molecule has 2 N–H and O–H groups in total. The Kier molecular flexibility index (Phi) is 3.39. The van der Waals surface area contributed by atoms with Crippen LogP contribution in [0.15, 0.2) is 36.7 Å². The molecule has 0 amide bonds. The van der Waals surface area contributed by atoms with Crippen LogP contribution in [0.25, 0.3) is 11.1 Å². The highest BCUT2D eigenvalue weighted by Gasteiger charge is 2.21. The molecule has 1 atom stereocenters. The Hall–Kier alpha value is -1.81. The fourth-order valence-corrected chi connectivity index (χ4v) is 1.62. The fourth-order valence-electron chi connectivity index (χ4n) is 1.62. The fraction of sp³-hybridized carbons (Fsp3) is 0.286. The summed E-state index contributed by atoms with van der Waals surface area (Å²) in [4.78, 5) is 8.47. The zero-order valence-electron chi connectivity index (χ0n) is 10.5. The van der Waals surface area contributed by atoms with Gasteiger partial charge in [0, 0.05) is 23.5 Å². The maximum Gasteiger partial charge on any atom is 0.147 e. The summed E-state index contributed by atoms with van der Waals surface area (Å²) in [5, 5.41) is 0. The number of rotatable bonds is 3. The van der Waals surface area contributed by atoms with E-state index in [-0.39, 0.29) is 5.82 Å². The normalized spacial score (nSPS) is 14.2. The minimum absolute atomic E-state index is 0.278. The van der Waals surface area contributed by atoms with Gasteiger partial charge in [0.2, 0.25) is 0 Å². The van der Waals surface area contributed by atoms with Crippen LogP contribution in [0.5, 0.6) is 0 Å². The van der Waals surface area contributed by atoms with Crippen LogP contribution in [0.3, 0.4) is 0 Å². The van der Waals surface area contributed by atoms with Gasteiger partial charge in [-0.15, -0.1) is 0 Å². The van der Waals surface area contributed by atoms with Gasteiger partial charge in [-0.05, 0) is 19.4 Å². The molecule has 2 aromatic rings. The summed E-state index contributed by atoms with van der Waals surface area (Å²) < 4.78 is 13.6. The van der Waals surface area contributed by atoms with Crippen molar-refractivity contribution in [3.63, 3.8) is 0 Å². The van der Waals surface area contributed by atoms with E-state index in [1.807, 2.05) is 13.8 Å². The second kappa shape index (κ2) is 4.82. The minimum atomic E-state index is -0.548. The maximum atomic E-state index is 13.6. The molecule has 0 aliphatic rings. The smallest absolute Gasteiger partial charge is 0.147 e. The van der Waals surface area contributed by atoms with Crippen LogP contribution in [0.1, 0.15) is 26.1 Å². The van der Waals surface area contributed by atoms with E-state index in [1.165, 1.54) is 6.07 Å². The summed E-state index contributed by atoms with van der Waals surface area (Å²) in [7, 11) is 0. The topological polar surface area (TPSA) is 51.8 Å². The predicted octanol–water partition coefficient (Wildman–Crippen LogP) is 2.87. The molecule has 0 saturated heterocycles. The van der Waals surface area contributed by atoms with Gasteiger partial charge in [-0.1, -0.05) is 25.1 Å². The van der Waals surface area contributed by atoms with Crippen molar-refractivity contribution in [1.82, 2.24) is 9.97 Å². The second-order valence-corrected chi connectivity index (χ2v) is 4.55. The van der Waals surface area contributed by atoms with Crippen molar-refractivity contribution in [2.75, 3.05) is 0 Å². The zero-order valence-corrected chi connectivity index (χ0v) is 10.5. The van der Waals surface area contributed by atoms with Crippen molar-refractivity contribution in [2.45, 2.75) is 25.8 Å². The van der Waals surface area contributed by atoms with Gasteiger partial charge in [0.1, 0.15) is 11.6 Å². The average Bonchev–Trinajstić information content (AvgIpc) is 2.39. The molecule has 2 rings (SSSR count). The first-order chi connectivity index (χ1) is 8.54. The molecular formula is C14H16FN3. The van der Waals surface area contributed by atoms with Crippen molar-refractivity contribution in [1.29, 1.82) is 0 Å². The van der Waals surface area contributed by atoms with Crippen molar-refractivity contribution < 1.29 is 4.39 Å². The van der Waals surface area contributed by atoms with Gasteiger partial charge in [-0.2, -0.15) is 0 Å². The molecule has 0 aliphatic heterocycles. The summed E-state index contributed by atoms with van der Waals surface area (Å²) >= 11 is 0. The Balaban J connectivity index is 2.37. The van der Waals surface area contributed by atoms with E-state index in [2.05, 4.69) is 9.97 Å². The van der Waals surface area contributed by atoms with E-state index >= 15 is 0 Å². The van der Waals surface area contributed by atoms with Crippen LogP contribution >= 0.6 is 0 Å². The Labute approximate surface area is 106 Å². The summed E-state index contributed by atoms with van der Waals surface area (Å²) in [5.74, 6) is 0.296. The minimum Gasteiger partial charge on any atom is -0.319 e. The van der Waals surface area contributed by atoms with E-state index in [9.17, 15) is 4.39 Å². The highest BCUT2D eigenvalue weighted by atomic mass is 19.1. The lowest BCUT2D eigenvalue weighted by molar-refractivity contribution is 0.445. The lowest BCUT2D eigenvalue weighted by Crippen LogP contribution is -2.34. The molecule has 0 aliphatic carbocycles. The molecule has 1 aromatic heterocycles. The third-order valence-electron chi connectivity index (χ3n) is 3.08. The first kappa shape index (κ1) is 12.6. The molecule has 18 heavy (non-hydrogen) atoms. The molecule has 0 fully saturated rings. The van der Waals surface area contributed by atoms with Gasteiger partial charge < -0.3 is 5.73 Å². The van der Waals surface area contributed by atoms with Gasteiger partial charge in [0.15, 0.2) is 0 Å². The highest BCUT2D eigenvalue weighted by Crippen LogP contribution is 2.23. The quantitative estimate of drug-likeness (QED) is 0.904. The van der Waals surface area contributed by atoms with Gasteiger partial charge in [-0.3, -0.25) is 0 Å². The van der Waals surface area contributed by atoms with Gasteiger partial charge >= 0.3 is 0 Å². The van der Waals surface area contributed by atoms with E-state index in [0.29, 0.717) is 17.0 Å². The molecule has 94 valence electrons.